The minimum Gasteiger partial charge on any atom is -0.366 e. The number of amides is 2. The van der Waals surface area contributed by atoms with Crippen molar-refractivity contribution < 1.29 is 9.59 Å². The highest BCUT2D eigenvalue weighted by Crippen LogP contribution is 2.26. The molecule has 0 bridgehead atoms. The molecule has 1 aromatic carbocycles. The molecule has 1 aliphatic rings. The fraction of sp³-hybridized carbons (Fsp3) is 0.308. The highest BCUT2D eigenvalue weighted by atomic mass is 32.2. The van der Waals surface area contributed by atoms with Gasteiger partial charge in [0.05, 0.1) is 11.8 Å². The monoisotopic (exact) mass is 309 g/mol. The van der Waals surface area contributed by atoms with Crippen LogP contribution in [-0.2, 0) is 4.79 Å². The standard InChI is InChI=1S/C13H15N3O2S2/c1-8(20-13-15-6-7-19-13)12(18)16-10-4-2-9(3-5-10)11(14)17/h2-5,8H,6-7H2,1H3,(H2,14,17)(H,16,18)/t8-/m1/s1. The molecule has 1 atom stereocenters. The van der Waals surface area contributed by atoms with Crippen LogP contribution in [0.5, 0.6) is 0 Å². The van der Waals surface area contributed by atoms with Gasteiger partial charge in [0.1, 0.15) is 4.38 Å². The molecule has 1 heterocycles. The first-order chi connectivity index (χ1) is 9.56. The van der Waals surface area contributed by atoms with Gasteiger partial charge in [-0.25, -0.2) is 0 Å². The lowest BCUT2D eigenvalue weighted by Gasteiger charge is -2.11. The Kier molecular flexibility index (Phi) is 5.08. The van der Waals surface area contributed by atoms with Crippen LogP contribution in [0.25, 0.3) is 0 Å². The van der Waals surface area contributed by atoms with Gasteiger partial charge >= 0.3 is 0 Å². The number of carbonyl (C=O) groups is 2. The van der Waals surface area contributed by atoms with Crippen molar-refractivity contribution in [1.82, 2.24) is 0 Å². The van der Waals surface area contributed by atoms with E-state index < -0.39 is 5.91 Å². The number of hydrogen-bond acceptors (Lipinski definition) is 5. The second kappa shape index (κ2) is 6.81. The Labute approximate surface area is 125 Å². The fourth-order valence-corrected chi connectivity index (χ4v) is 3.68. The SMILES string of the molecule is C[C@@H](SC1=NCCS1)C(=O)Nc1ccc(C(N)=O)cc1. The van der Waals surface area contributed by atoms with Crippen LogP contribution in [0.4, 0.5) is 5.69 Å². The number of benzene rings is 1. The summed E-state index contributed by atoms with van der Waals surface area (Å²) in [6.45, 7) is 2.68. The normalized spacial score (nSPS) is 15.6. The molecule has 1 aliphatic heterocycles. The Morgan fingerprint density at radius 2 is 2.10 bits per heavy atom. The fourth-order valence-electron chi connectivity index (χ4n) is 1.55. The Bertz CT molecular complexity index is 543. The third-order valence-corrected chi connectivity index (χ3v) is 4.94. The summed E-state index contributed by atoms with van der Waals surface area (Å²) in [5.74, 6) is 0.422. The van der Waals surface area contributed by atoms with Gasteiger partial charge in [0.25, 0.3) is 0 Å². The quantitative estimate of drug-likeness (QED) is 0.890. The van der Waals surface area contributed by atoms with E-state index in [4.69, 9.17) is 5.73 Å². The molecule has 0 saturated heterocycles. The number of nitrogens with zero attached hydrogens (tertiary/aromatic N) is 1. The average Bonchev–Trinajstić information content (AvgIpc) is 2.92. The second-order valence-electron chi connectivity index (χ2n) is 4.19. The van der Waals surface area contributed by atoms with Gasteiger partial charge in [-0.2, -0.15) is 0 Å². The first-order valence-corrected chi connectivity index (χ1v) is 7.97. The molecule has 0 radical (unpaired) electrons. The van der Waals surface area contributed by atoms with E-state index in [1.54, 1.807) is 36.0 Å². The van der Waals surface area contributed by atoms with Gasteiger partial charge in [-0.15, -0.1) is 0 Å². The number of hydrogen-bond donors (Lipinski definition) is 2. The molecule has 0 fully saturated rings. The number of rotatable bonds is 4. The first kappa shape index (κ1) is 14.9. The molecular weight excluding hydrogens is 294 g/mol. The molecule has 1 aromatic rings. The topological polar surface area (TPSA) is 84.6 Å². The molecule has 0 spiro atoms. The number of carbonyl (C=O) groups excluding carboxylic acids is 2. The number of anilines is 1. The van der Waals surface area contributed by atoms with E-state index in [9.17, 15) is 9.59 Å². The maximum Gasteiger partial charge on any atom is 0.248 e. The summed E-state index contributed by atoms with van der Waals surface area (Å²) in [6, 6.07) is 6.51. The number of nitrogens with one attached hydrogen (secondary N) is 1. The van der Waals surface area contributed by atoms with Crippen molar-refractivity contribution in [3.63, 3.8) is 0 Å². The van der Waals surface area contributed by atoms with Gasteiger partial charge in [0.2, 0.25) is 11.8 Å². The first-order valence-electron chi connectivity index (χ1n) is 6.11. The Balaban J connectivity index is 1.91. The molecule has 2 amide bonds. The molecule has 0 saturated carbocycles. The van der Waals surface area contributed by atoms with E-state index in [2.05, 4.69) is 10.3 Å². The number of nitrogens with two attached hydrogens (primary N) is 1. The second-order valence-corrected chi connectivity index (χ2v) is 6.86. The van der Waals surface area contributed by atoms with Crippen LogP contribution in [0.15, 0.2) is 29.3 Å². The zero-order valence-electron chi connectivity index (χ0n) is 11.0. The maximum atomic E-state index is 12.0. The number of thioether (sulfide) groups is 2. The Morgan fingerprint density at radius 1 is 1.40 bits per heavy atom. The van der Waals surface area contributed by atoms with Gasteiger partial charge in [0.15, 0.2) is 0 Å². The van der Waals surface area contributed by atoms with Gasteiger partial charge in [-0.3, -0.25) is 14.6 Å². The average molecular weight is 309 g/mol. The van der Waals surface area contributed by atoms with Crippen LogP contribution in [0.3, 0.4) is 0 Å². The smallest absolute Gasteiger partial charge is 0.248 e. The van der Waals surface area contributed by atoms with Crippen molar-refractivity contribution in [3.05, 3.63) is 29.8 Å². The molecule has 2 rings (SSSR count). The minimum absolute atomic E-state index is 0.0861. The molecule has 106 valence electrons. The maximum absolute atomic E-state index is 12.0. The molecule has 0 unspecified atom stereocenters. The van der Waals surface area contributed by atoms with E-state index in [0.29, 0.717) is 11.3 Å². The summed E-state index contributed by atoms with van der Waals surface area (Å²) in [6.07, 6.45) is 0. The van der Waals surface area contributed by atoms with E-state index in [1.165, 1.54) is 11.8 Å². The lowest BCUT2D eigenvalue weighted by molar-refractivity contribution is -0.115. The minimum atomic E-state index is -0.483. The van der Waals surface area contributed by atoms with Crippen LogP contribution in [0, 0.1) is 0 Å². The Hall–Kier alpha value is -1.47. The molecule has 3 N–H and O–H groups in total. The Morgan fingerprint density at radius 3 is 2.65 bits per heavy atom. The van der Waals surface area contributed by atoms with E-state index in [-0.39, 0.29) is 11.2 Å². The lowest BCUT2D eigenvalue weighted by atomic mass is 10.2. The molecule has 5 nitrogen and oxygen atoms in total. The molecule has 0 aromatic heterocycles. The molecular formula is C13H15N3O2S2. The summed E-state index contributed by atoms with van der Waals surface area (Å²) >= 11 is 3.15. The van der Waals surface area contributed by atoms with Crippen LogP contribution < -0.4 is 11.1 Å². The summed E-state index contributed by atoms with van der Waals surface area (Å²) in [4.78, 5) is 27.3. The zero-order valence-corrected chi connectivity index (χ0v) is 12.6. The molecule has 7 heteroatoms. The van der Waals surface area contributed by atoms with Gasteiger partial charge in [-0.1, -0.05) is 23.5 Å². The summed E-state index contributed by atoms with van der Waals surface area (Å²) < 4.78 is 0.969. The van der Waals surface area contributed by atoms with Gasteiger partial charge < -0.3 is 11.1 Å². The van der Waals surface area contributed by atoms with Crippen molar-refractivity contribution in [1.29, 1.82) is 0 Å². The molecule has 20 heavy (non-hydrogen) atoms. The van der Waals surface area contributed by atoms with Crippen LogP contribution >= 0.6 is 23.5 Å². The lowest BCUT2D eigenvalue weighted by Crippen LogP contribution is -2.23. The van der Waals surface area contributed by atoms with E-state index in [1.807, 2.05) is 6.92 Å². The highest BCUT2D eigenvalue weighted by Gasteiger charge is 2.18. The van der Waals surface area contributed by atoms with Crippen LogP contribution in [-0.4, -0.2) is 33.7 Å². The highest BCUT2D eigenvalue weighted by molar-refractivity contribution is 8.39. The summed E-state index contributed by atoms with van der Waals surface area (Å²) in [5, 5.41) is 2.59. The van der Waals surface area contributed by atoms with Gasteiger partial charge in [0, 0.05) is 17.0 Å². The van der Waals surface area contributed by atoms with Crippen LogP contribution in [0.1, 0.15) is 17.3 Å². The predicted molar refractivity (Wildman–Crippen MR) is 85.4 cm³/mol. The summed E-state index contributed by atoms with van der Waals surface area (Å²) in [5.41, 5.74) is 6.22. The van der Waals surface area contributed by atoms with Crippen molar-refractivity contribution >= 4 is 45.4 Å². The third kappa shape index (κ3) is 4.01. The third-order valence-electron chi connectivity index (χ3n) is 2.64. The van der Waals surface area contributed by atoms with Crippen LogP contribution in [0.2, 0.25) is 0 Å². The number of aliphatic imine (C=N–C) groups is 1. The largest absolute Gasteiger partial charge is 0.366 e. The predicted octanol–water partition coefficient (Wildman–Crippen LogP) is 1.95. The molecule has 0 aliphatic carbocycles. The van der Waals surface area contributed by atoms with E-state index >= 15 is 0 Å². The van der Waals surface area contributed by atoms with Crippen molar-refractivity contribution in [2.45, 2.75) is 12.2 Å². The zero-order chi connectivity index (χ0) is 14.5. The van der Waals surface area contributed by atoms with Crippen molar-refractivity contribution in [2.75, 3.05) is 17.6 Å². The van der Waals surface area contributed by atoms with E-state index in [0.717, 1.165) is 16.7 Å². The van der Waals surface area contributed by atoms with Gasteiger partial charge in [-0.05, 0) is 31.2 Å². The van der Waals surface area contributed by atoms with Crippen molar-refractivity contribution in [3.8, 4) is 0 Å². The summed E-state index contributed by atoms with van der Waals surface area (Å²) in [7, 11) is 0. The number of primary amides is 1. The van der Waals surface area contributed by atoms with Crippen molar-refractivity contribution in [2.24, 2.45) is 10.7 Å².